The van der Waals surface area contributed by atoms with Crippen LogP contribution in [0.2, 0.25) is 0 Å². The number of thiophene rings is 1. The van der Waals surface area contributed by atoms with Gasteiger partial charge in [0.15, 0.2) is 0 Å². The second kappa shape index (κ2) is 6.60. The summed E-state index contributed by atoms with van der Waals surface area (Å²) in [7, 11) is 2.16. The largest absolute Gasteiger partial charge is 0.330 e. The first-order valence-corrected chi connectivity index (χ1v) is 6.24. The molecule has 0 aliphatic carbocycles. The SMILES string of the molecule is Cc1ccsc1CN(C)CC(C)(C)CN.Cl. The molecule has 0 unspecified atom stereocenters. The lowest BCUT2D eigenvalue weighted by Gasteiger charge is -2.28. The van der Waals surface area contributed by atoms with Crippen LogP contribution >= 0.6 is 23.7 Å². The lowest BCUT2D eigenvalue weighted by Crippen LogP contribution is -2.36. The van der Waals surface area contributed by atoms with Crippen molar-refractivity contribution in [3.05, 3.63) is 21.9 Å². The molecule has 0 spiro atoms. The molecule has 0 saturated carbocycles. The molecule has 0 radical (unpaired) electrons. The minimum Gasteiger partial charge on any atom is -0.330 e. The van der Waals surface area contributed by atoms with E-state index in [0.717, 1.165) is 19.6 Å². The lowest BCUT2D eigenvalue weighted by atomic mass is 9.93. The minimum atomic E-state index is 0. The fraction of sp³-hybridized carbons (Fsp3) is 0.667. The van der Waals surface area contributed by atoms with Crippen LogP contribution in [-0.2, 0) is 6.54 Å². The summed E-state index contributed by atoms with van der Waals surface area (Å²) in [6.45, 7) is 9.41. The standard InChI is InChI=1S/C12H22N2S.ClH/c1-10-5-6-15-11(10)7-14(4)9-12(2,3)8-13;/h5-6H,7-9,13H2,1-4H3;1H. The van der Waals surface area contributed by atoms with Gasteiger partial charge < -0.3 is 10.6 Å². The van der Waals surface area contributed by atoms with Gasteiger partial charge in [-0.2, -0.15) is 0 Å². The zero-order chi connectivity index (χ0) is 11.5. The van der Waals surface area contributed by atoms with Gasteiger partial charge in [-0.1, -0.05) is 13.8 Å². The Labute approximate surface area is 109 Å². The molecule has 1 heterocycles. The molecule has 1 aromatic rings. The Morgan fingerprint density at radius 2 is 2.06 bits per heavy atom. The van der Waals surface area contributed by atoms with E-state index in [1.165, 1.54) is 10.4 Å². The highest BCUT2D eigenvalue weighted by atomic mass is 35.5. The molecule has 4 heteroatoms. The van der Waals surface area contributed by atoms with Crippen LogP contribution < -0.4 is 5.73 Å². The molecule has 0 saturated heterocycles. The number of nitrogens with two attached hydrogens (primary N) is 1. The molecular formula is C12H23ClN2S. The smallest absolute Gasteiger partial charge is 0.0327 e. The highest BCUT2D eigenvalue weighted by Gasteiger charge is 2.18. The van der Waals surface area contributed by atoms with E-state index in [-0.39, 0.29) is 17.8 Å². The number of hydrogen-bond donors (Lipinski definition) is 1. The average Bonchev–Trinajstić information content (AvgIpc) is 2.51. The van der Waals surface area contributed by atoms with Crippen LogP contribution in [0, 0.1) is 12.3 Å². The van der Waals surface area contributed by atoms with Gasteiger partial charge >= 0.3 is 0 Å². The van der Waals surface area contributed by atoms with E-state index in [4.69, 9.17) is 5.73 Å². The summed E-state index contributed by atoms with van der Waals surface area (Å²) < 4.78 is 0. The van der Waals surface area contributed by atoms with Crippen molar-refractivity contribution in [3.8, 4) is 0 Å². The van der Waals surface area contributed by atoms with E-state index in [9.17, 15) is 0 Å². The Hall–Kier alpha value is -0.0900. The molecule has 1 aromatic heterocycles. The molecule has 2 N–H and O–H groups in total. The summed E-state index contributed by atoms with van der Waals surface area (Å²) >= 11 is 1.84. The average molecular weight is 263 g/mol. The molecular weight excluding hydrogens is 240 g/mol. The van der Waals surface area contributed by atoms with Gasteiger partial charge in [0.25, 0.3) is 0 Å². The first-order chi connectivity index (χ1) is 6.94. The molecule has 0 aliphatic rings. The van der Waals surface area contributed by atoms with Gasteiger partial charge in [-0.15, -0.1) is 23.7 Å². The minimum absolute atomic E-state index is 0. The zero-order valence-electron chi connectivity index (χ0n) is 10.6. The van der Waals surface area contributed by atoms with Crippen molar-refractivity contribution in [1.29, 1.82) is 0 Å². The van der Waals surface area contributed by atoms with Gasteiger partial charge in [-0.25, -0.2) is 0 Å². The maximum atomic E-state index is 5.73. The van der Waals surface area contributed by atoms with E-state index in [1.807, 2.05) is 11.3 Å². The van der Waals surface area contributed by atoms with Gasteiger partial charge in [-0.3, -0.25) is 0 Å². The number of aryl methyl sites for hydroxylation is 1. The predicted molar refractivity (Wildman–Crippen MR) is 75.5 cm³/mol. The van der Waals surface area contributed by atoms with Crippen molar-refractivity contribution in [2.24, 2.45) is 11.1 Å². The van der Waals surface area contributed by atoms with Crippen LogP contribution in [0.4, 0.5) is 0 Å². The summed E-state index contributed by atoms with van der Waals surface area (Å²) in [4.78, 5) is 3.82. The molecule has 16 heavy (non-hydrogen) atoms. The second-order valence-corrected chi connectivity index (χ2v) is 6.07. The van der Waals surface area contributed by atoms with Crippen molar-refractivity contribution in [1.82, 2.24) is 4.90 Å². The molecule has 2 nitrogen and oxygen atoms in total. The molecule has 0 amide bonds. The Kier molecular flexibility index (Phi) is 6.56. The summed E-state index contributed by atoms with van der Waals surface area (Å²) in [5, 5.41) is 2.16. The molecule has 0 aromatic carbocycles. The van der Waals surface area contributed by atoms with Crippen LogP contribution in [0.25, 0.3) is 0 Å². The summed E-state index contributed by atoms with van der Waals surface area (Å²) in [6, 6.07) is 2.18. The maximum Gasteiger partial charge on any atom is 0.0327 e. The van der Waals surface area contributed by atoms with Crippen LogP contribution in [0.3, 0.4) is 0 Å². The van der Waals surface area contributed by atoms with E-state index in [1.54, 1.807) is 0 Å². The lowest BCUT2D eigenvalue weighted by molar-refractivity contribution is 0.211. The first kappa shape index (κ1) is 15.9. The molecule has 0 atom stereocenters. The second-order valence-electron chi connectivity index (χ2n) is 5.07. The third-order valence-electron chi connectivity index (χ3n) is 2.63. The Bertz CT molecular complexity index is 310. The third kappa shape index (κ3) is 4.83. The molecule has 1 rings (SSSR count). The quantitative estimate of drug-likeness (QED) is 0.884. The summed E-state index contributed by atoms with van der Waals surface area (Å²) in [6.07, 6.45) is 0. The van der Waals surface area contributed by atoms with Gasteiger partial charge in [0.2, 0.25) is 0 Å². The summed E-state index contributed by atoms with van der Waals surface area (Å²) in [5.41, 5.74) is 7.34. The van der Waals surface area contributed by atoms with Crippen molar-refractivity contribution in [2.75, 3.05) is 20.1 Å². The van der Waals surface area contributed by atoms with Crippen LogP contribution in [-0.4, -0.2) is 25.0 Å². The Balaban J connectivity index is 0.00000225. The normalized spacial score (nSPS) is 11.6. The van der Waals surface area contributed by atoms with Gasteiger partial charge in [-0.05, 0) is 42.9 Å². The molecule has 0 fully saturated rings. The third-order valence-corrected chi connectivity index (χ3v) is 3.64. The van der Waals surface area contributed by atoms with E-state index < -0.39 is 0 Å². The highest BCUT2D eigenvalue weighted by Crippen LogP contribution is 2.20. The van der Waals surface area contributed by atoms with E-state index >= 15 is 0 Å². The Morgan fingerprint density at radius 1 is 1.44 bits per heavy atom. The highest BCUT2D eigenvalue weighted by molar-refractivity contribution is 7.10. The van der Waals surface area contributed by atoms with Crippen molar-refractivity contribution < 1.29 is 0 Å². The number of hydrogen-bond acceptors (Lipinski definition) is 3. The first-order valence-electron chi connectivity index (χ1n) is 5.36. The fourth-order valence-corrected chi connectivity index (χ4v) is 2.65. The molecule has 0 aliphatic heterocycles. The zero-order valence-corrected chi connectivity index (χ0v) is 12.3. The van der Waals surface area contributed by atoms with Crippen LogP contribution in [0.1, 0.15) is 24.3 Å². The van der Waals surface area contributed by atoms with Gasteiger partial charge in [0, 0.05) is 18.0 Å². The Morgan fingerprint density at radius 3 is 2.50 bits per heavy atom. The van der Waals surface area contributed by atoms with Crippen LogP contribution in [0.15, 0.2) is 11.4 Å². The van der Waals surface area contributed by atoms with E-state index in [0.29, 0.717) is 0 Å². The molecule has 94 valence electrons. The monoisotopic (exact) mass is 262 g/mol. The molecule has 0 bridgehead atoms. The van der Waals surface area contributed by atoms with E-state index in [2.05, 4.69) is 44.2 Å². The van der Waals surface area contributed by atoms with Crippen molar-refractivity contribution >= 4 is 23.7 Å². The summed E-state index contributed by atoms with van der Waals surface area (Å²) in [5.74, 6) is 0. The van der Waals surface area contributed by atoms with Crippen molar-refractivity contribution in [3.63, 3.8) is 0 Å². The number of halogens is 1. The van der Waals surface area contributed by atoms with Crippen LogP contribution in [0.5, 0.6) is 0 Å². The van der Waals surface area contributed by atoms with Gasteiger partial charge in [0.1, 0.15) is 0 Å². The predicted octanol–water partition coefficient (Wildman–Crippen LogP) is 2.90. The fourth-order valence-electron chi connectivity index (χ4n) is 1.66. The van der Waals surface area contributed by atoms with Crippen molar-refractivity contribution in [2.45, 2.75) is 27.3 Å². The maximum absolute atomic E-state index is 5.73. The number of rotatable bonds is 5. The number of nitrogens with zero attached hydrogens (tertiary/aromatic N) is 1. The topological polar surface area (TPSA) is 29.3 Å². The van der Waals surface area contributed by atoms with Gasteiger partial charge in [0.05, 0.1) is 0 Å².